The molecule has 8 nitrogen and oxygen atoms in total. The van der Waals surface area contributed by atoms with Gasteiger partial charge in [0.1, 0.15) is 18.3 Å². The lowest BCUT2D eigenvalue weighted by Gasteiger charge is -2.33. The van der Waals surface area contributed by atoms with E-state index in [0.29, 0.717) is 17.9 Å². The molecule has 0 spiro atoms. The molecule has 186 valence electrons. The van der Waals surface area contributed by atoms with Gasteiger partial charge in [-0.1, -0.05) is 36.8 Å². The molecular formula is C25H35N3O5S. The van der Waals surface area contributed by atoms with Gasteiger partial charge in [0.25, 0.3) is 0 Å². The molecule has 2 amide bonds. The van der Waals surface area contributed by atoms with Crippen LogP contribution in [0.15, 0.2) is 48.5 Å². The van der Waals surface area contributed by atoms with Gasteiger partial charge in [-0.3, -0.25) is 13.9 Å². The van der Waals surface area contributed by atoms with E-state index in [2.05, 4.69) is 5.32 Å². The zero-order valence-corrected chi connectivity index (χ0v) is 21.6. The second-order valence-electron chi connectivity index (χ2n) is 8.57. The van der Waals surface area contributed by atoms with Gasteiger partial charge in [0.2, 0.25) is 21.8 Å². The summed E-state index contributed by atoms with van der Waals surface area (Å²) in [7, 11) is -2.20. The first-order chi connectivity index (χ1) is 16.0. The Hall–Kier alpha value is -3.07. The standard InChI is InChI=1S/C25H35N3O5S/c1-7-23(25(30)26-18(2)3)27(16-20-9-8-10-22(15-20)33-5)24(29)17-28(34(6,31)32)21-13-11-19(4)12-14-21/h8-15,18,23H,7,16-17H2,1-6H3,(H,26,30). The minimum Gasteiger partial charge on any atom is -0.497 e. The predicted octanol–water partition coefficient (Wildman–Crippen LogP) is 3.10. The number of hydrogen-bond acceptors (Lipinski definition) is 5. The number of sulfonamides is 1. The Bertz CT molecular complexity index is 1080. The summed E-state index contributed by atoms with van der Waals surface area (Å²) in [5.74, 6) is -0.128. The van der Waals surface area contributed by atoms with E-state index in [4.69, 9.17) is 4.74 Å². The summed E-state index contributed by atoms with van der Waals surface area (Å²) in [6, 6.07) is 13.3. The molecule has 0 aliphatic heterocycles. The fraction of sp³-hybridized carbons (Fsp3) is 0.440. The number of ether oxygens (including phenoxy) is 1. The van der Waals surface area contributed by atoms with E-state index in [0.717, 1.165) is 21.7 Å². The zero-order valence-electron chi connectivity index (χ0n) is 20.7. The third-order valence-electron chi connectivity index (χ3n) is 5.31. The summed E-state index contributed by atoms with van der Waals surface area (Å²) in [4.78, 5) is 28.0. The first-order valence-corrected chi connectivity index (χ1v) is 13.1. The summed E-state index contributed by atoms with van der Waals surface area (Å²) in [5, 5.41) is 2.87. The average molecular weight is 490 g/mol. The lowest BCUT2D eigenvalue weighted by Crippen LogP contribution is -2.53. The fourth-order valence-corrected chi connectivity index (χ4v) is 4.44. The van der Waals surface area contributed by atoms with E-state index in [9.17, 15) is 18.0 Å². The van der Waals surface area contributed by atoms with Crippen molar-refractivity contribution in [1.82, 2.24) is 10.2 Å². The molecule has 0 saturated carbocycles. The Morgan fingerprint density at radius 1 is 1.09 bits per heavy atom. The van der Waals surface area contributed by atoms with Crippen LogP contribution in [0.2, 0.25) is 0 Å². The van der Waals surface area contributed by atoms with Crippen LogP contribution in [0.25, 0.3) is 0 Å². The first-order valence-electron chi connectivity index (χ1n) is 11.2. The molecule has 34 heavy (non-hydrogen) atoms. The number of nitrogens with zero attached hydrogens (tertiary/aromatic N) is 2. The fourth-order valence-electron chi connectivity index (χ4n) is 3.59. The van der Waals surface area contributed by atoms with Gasteiger partial charge in [0.05, 0.1) is 19.1 Å². The van der Waals surface area contributed by atoms with Gasteiger partial charge in [-0.05, 0) is 57.0 Å². The molecule has 2 aromatic carbocycles. The van der Waals surface area contributed by atoms with Crippen molar-refractivity contribution >= 4 is 27.5 Å². The molecule has 0 saturated heterocycles. The van der Waals surface area contributed by atoms with Crippen molar-refractivity contribution < 1.29 is 22.7 Å². The van der Waals surface area contributed by atoms with Crippen LogP contribution in [0.3, 0.4) is 0 Å². The first kappa shape index (κ1) is 27.2. The molecular weight excluding hydrogens is 454 g/mol. The van der Waals surface area contributed by atoms with Crippen LogP contribution in [-0.2, 0) is 26.2 Å². The van der Waals surface area contributed by atoms with Gasteiger partial charge in [0.15, 0.2) is 0 Å². The van der Waals surface area contributed by atoms with Crippen LogP contribution < -0.4 is 14.4 Å². The van der Waals surface area contributed by atoms with Crippen molar-refractivity contribution in [2.45, 2.75) is 52.7 Å². The Balaban J connectivity index is 2.44. The number of rotatable bonds is 11. The lowest BCUT2D eigenvalue weighted by atomic mass is 10.1. The Kier molecular flexibility index (Phi) is 9.49. The van der Waals surface area contributed by atoms with Crippen LogP contribution in [0.5, 0.6) is 5.75 Å². The quantitative estimate of drug-likeness (QED) is 0.523. The van der Waals surface area contributed by atoms with Crippen LogP contribution >= 0.6 is 0 Å². The second-order valence-corrected chi connectivity index (χ2v) is 10.5. The van der Waals surface area contributed by atoms with E-state index in [1.165, 1.54) is 4.90 Å². The molecule has 9 heteroatoms. The van der Waals surface area contributed by atoms with Gasteiger partial charge in [0, 0.05) is 12.6 Å². The average Bonchev–Trinajstić information content (AvgIpc) is 2.76. The van der Waals surface area contributed by atoms with Crippen molar-refractivity contribution in [3.05, 3.63) is 59.7 Å². The molecule has 0 aliphatic carbocycles. The highest BCUT2D eigenvalue weighted by Crippen LogP contribution is 2.21. The number of anilines is 1. The van der Waals surface area contributed by atoms with Crippen LogP contribution in [-0.4, -0.2) is 57.1 Å². The maximum atomic E-state index is 13.6. The third-order valence-corrected chi connectivity index (χ3v) is 6.45. The summed E-state index contributed by atoms with van der Waals surface area (Å²) in [6.07, 6.45) is 1.44. The zero-order chi connectivity index (χ0) is 25.5. The van der Waals surface area contributed by atoms with Crippen molar-refractivity contribution in [3.63, 3.8) is 0 Å². The van der Waals surface area contributed by atoms with E-state index < -0.39 is 28.5 Å². The maximum absolute atomic E-state index is 13.6. The highest BCUT2D eigenvalue weighted by Gasteiger charge is 2.32. The van der Waals surface area contributed by atoms with Crippen molar-refractivity contribution in [2.24, 2.45) is 0 Å². The SMILES string of the molecule is CCC(C(=O)NC(C)C)N(Cc1cccc(OC)c1)C(=O)CN(c1ccc(C)cc1)S(C)(=O)=O. The molecule has 1 N–H and O–H groups in total. The topological polar surface area (TPSA) is 96.0 Å². The molecule has 0 fully saturated rings. The van der Waals surface area contributed by atoms with Crippen LogP contribution in [0, 0.1) is 6.92 Å². The Morgan fingerprint density at radius 3 is 2.26 bits per heavy atom. The molecule has 2 aromatic rings. The summed E-state index contributed by atoms with van der Waals surface area (Å²) in [6.45, 7) is 7.13. The molecule has 2 rings (SSSR count). The van der Waals surface area contributed by atoms with Gasteiger partial charge in [-0.25, -0.2) is 8.42 Å². The number of carbonyl (C=O) groups is 2. The van der Waals surface area contributed by atoms with Gasteiger partial charge < -0.3 is 15.0 Å². The molecule has 0 bridgehead atoms. The van der Waals surface area contributed by atoms with E-state index >= 15 is 0 Å². The highest BCUT2D eigenvalue weighted by atomic mass is 32.2. The number of nitrogens with one attached hydrogen (secondary N) is 1. The van der Waals surface area contributed by atoms with Crippen LogP contribution in [0.1, 0.15) is 38.3 Å². The van der Waals surface area contributed by atoms with E-state index in [-0.39, 0.29) is 18.5 Å². The third kappa shape index (κ3) is 7.48. The van der Waals surface area contributed by atoms with Crippen LogP contribution in [0.4, 0.5) is 5.69 Å². The van der Waals surface area contributed by atoms with Gasteiger partial charge >= 0.3 is 0 Å². The number of methoxy groups -OCH3 is 1. The molecule has 0 heterocycles. The maximum Gasteiger partial charge on any atom is 0.244 e. The monoisotopic (exact) mass is 489 g/mol. The lowest BCUT2D eigenvalue weighted by molar-refractivity contribution is -0.140. The van der Waals surface area contributed by atoms with Crippen molar-refractivity contribution in [2.75, 3.05) is 24.2 Å². The summed E-state index contributed by atoms with van der Waals surface area (Å²) >= 11 is 0. The summed E-state index contributed by atoms with van der Waals surface area (Å²) < 4.78 is 31.5. The number of amides is 2. The van der Waals surface area contributed by atoms with Crippen molar-refractivity contribution in [1.29, 1.82) is 0 Å². The highest BCUT2D eigenvalue weighted by molar-refractivity contribution is 7.92. The molecule has 0 radical (unpaired) electrons. The minimum absolute atomic E-state index is 0.101. The van der Waals surface area contributed by atoms with Crippen molar-refractivity contribution in [3.8, 4) is 5.75 Å². The number of aryl methyl sites for hydroxylation is 1. The predicted molar refractivity (Wildman–Crippen MR) is 134 cm³/mol. The summed E-state index contributed by atoms with van der Waals surface area (Å²) in [5.41, 5.74) is 2.13. The molecule has 0 aromatic heterocycles. The normalized spacial score (nSPS) is 12.2. The van der Waals surface area contributed by atoms with E-state index in [1.54, 1.807) is 49.6 Å². The Morgan fingerprint density at radius 2 is 1.74 bits per heavy atom. The molecule has 0 aliphatic rings. The second kappa shape index (κ2) is 11.9. The molecule has 1 unspecified atom stereocenters. The van der Waals surface area contributed by atoms with E-state index in [1.807, 2.05) is 33.8 Å². The largest absolute Gasteiger partial charge is 0.497 e. The van der Waals surface area contributed by atoms with Gasteiger partial charge in [-0.15, -0.1) is 0 Å². The smallest absolute Gasteiger partial charge is 0.244 e. The minimum atomic E-state index is -3.75. The molecule has 1 atom stereocenters. The van der Waals surface area contributed by atoms with Gasteiger partial charge in [-0.2, -0.15) is 0 Å². The number of hydrogen-bond donors (Lipinski definition) is 1. The Labute approximate surface area is 202 Å². The number of benzene rings is 2. The number of carbonyl (C=O) groups excluding carboxylic acids is 2.